The first kappa shape index (κ1) is 27.4. The lowest BCUT2D eigenvalue weighted by atomic mass is 9.83. The second-order valence-corrected chi connectivity index (χ2v) is 9.69. The van der Waals surface area contributed by atoms with Gasteiger partial charge < -0.3 is 10.6 Å². The predicted molar refractivity (Wildman–Crippen MR) is 149 cm³/mol. The van der Waals surface area contributed by atoms with Gasteiger partial charge in [0, 0.05) is 25.2 Å². The fourth-order valence-electron chi connectivity index (χ4n) is 4.71. The summed E-state index contributed by atoms with van der Waals surface area (Å²) in [6.07, 6.45) is 0. The summed E-state index contributed by atoms with van der Waals surface area (Å²) in [5.41, 5.74) is 3.72. The third-order valence-corrected chi connectivity index (χ3v) is 7.09. The number of Topliss-reactive ketones (excluding diaryl/α,β-unsaturated/α-hetero) is 1. The lowest BCUT2D eigenvalue weighted by Crippen LogP contribution is -2.36. The predicted octanol–water partition coefficient (Wildman–Crippen LogP) is 7.10. The van der Waals surface area contributed by atoms with Gasteiger partial charge in [-0.05, 0) is 60.4 Å². The number of ketones is 1. The molecule has 2 N–H and O–H groups in total. The van der Waals surface area contributed by atoms with Crippen LogP contribution in [0.3, 0.4) is 0 Å². The average molecular weight is 513 g/mol. The van der Waals surface area contributed by atoms with Crippen molar-refractivity contribution in [2.75, 3.05) is 13.1 Å². The number of halogens is 2. The normalized spacial score (nSPS) is 14.4. The zero-order valence-electron chi connectivity index (χ0n) is 21.8. The van der Waals surface area contributed by atoms with Gasteiger partial charge in [-0.25, -0.2) is 8.78 Å². The molecule has 0 heterocycles. The summed E-state index contributed by atoms with van der Waals surface area (Å²) < 4.78 is 27.5. The molecule has 0 aromatic heterocycles. The summed E-state index contributed by atoms with van der Waals surface area (Å²) in [5, 5.41) is 7.01. The third kappa shape index (κ3) is 7.21. The number of benzene rings is 4. The van der Waals surface area contributed by atoms with Gasteiger partial charge in [-0.3, -0.25) is 4.79 Å². The fraction of sp³-hybridized carbons (Fsp3) is 0.242. The summed E-state index contributed by atoms with van der Waals surface area (Å²) in [5.74, 6) is -1.75. The quantitative estimate of drug-likeness (QED) is 0.213. The smallest absolute Gasteiger partial charge is 0.150 e. The zero-order chi connectivity index (χ0) is 26.9. The lowest BCUT2D eigenvalue weighted by molar-refractivity contribution is -0.121. The van der Waals surface area contributed by atoms with E-state index in [9.17, 15) is 13.6 Å². The van der Waals surface area contributed by atoms with Crippen LogP contribution in [-0.2, 0) is 4.79 Å². The number of rotatable bonds is 12. The molecule has 0 aliphatic carbocycles. The van der Waals surface area contributed by atoms with E-state index < -0.39 is 11.8 Å². The average Bonchev–Trinajstić information content (AvgIpc) is 2.95. The minimum absolute atomic E-state index is 0.0104. The van der Waals surface area contributed by atoms with Crippen LogP contribution in [0.2, 0.25) is 0 Å². The molecule has 0 amide bonds. The van der Waals surface area contributed by atoms with Gasteiger partial charge in [-0.15, -0.1) is 0 Å². The van der Waals surface area contributed by atoms with E-state index in [-0.39, 0.29) is 29.5 Å². The van der Waals surface area contributed by atoms with E-state index in [0.29, 0.717) is 13.1 Å². The molecule has 0 saturated heterocycles. The first-order valence-electron chi connectivity index (χ1n) is 13.0. The first-order chi connectivity index (χ1) is 18.4. The molecule has 0 saturated carbocycles. The van der Waals surface area contributed by atoms with Gasteiger partial charge in [0.15, 0.2) is 0 Å². The van der Waals surface area contributed by atoms with Crippen molar-refractivity contribution in [1.29, 1.82) is 0 Å². The molecule has 0 spiro atoms. The van der Waals surface area contributed by atoms with Crippen LogP contribution in [-0.4, -0.2) is 18.9 Å². The summed E-state index contributed by atoms with van der Waals surface area (Å²) in [6.45, 7) is 4.88. The van der Waals surface area contributed by atoms with Crippen molar-refractivity contribution in [2.45, 2.75) is 37.8 Å². The van der Waals surface area contributed by atoms with Crippen molar-refractivity contribution in [2.24, 2.45) is 0 Å². The molecule has 4 aromatic rings. The van der Waals surface area contributed by atoms with E-state index in [1.54, 1.807) is 24.3 Å². The highest BCUT2D eigenvalue weighted by atomic mass is 19.1. The van der Waals surface area contributed by atoms with Gasteiger partial charge >= 0.3 is 0 Å². The number of carbonyl (C=O) groups excluding carboxylic acids is 1. The Labute approximate surface area is 223 Å². The minimum Gasteiger partial charge on any atom is -0.309 e. The molecule has 196 valence electrons. The zero-order valence-corrected chi connectivity index (χ0v) is 21.8. The van der Waals surface area contributed by atoms with E-state index in [4.69, 9.17) is 0 Å². The topological polar surface area (TPSA) is 41.1 Å². The maximum absolute atomic E-state index is 14.2. The molecule has 5 heteroatoms. The monoisotopic (exact) mass is 512 g/mol. The van der Waals surface area contributed by atoms with Gasteiger partial charge in [0.2, 0.25) is 0 Å². The molecule has 4 rings (SSSR count). The molecule has 0 bridgehead atoms. The van der Waals surface area contributed by atoms with Gasteiger partial charge in [0.25, 0.3) is 0 Å². The van der Waals surface area contributed by atoms with E-state index in [0.717, 1.165) is 22.3 Å². The number of carbonyl (C=O) groups is 1. The molecule has 4 atom stereocenters. The van der Waals surface area contributed by atoms with Crippen molar-refractivity contribution in [3.8, 4) is 0 Å². The van der Waals surface area contributed by atoms with Gasteiger partial charge in [-0.2, -0.15) is 0 Å². The number of hydrogen-bond acceptors (Lipinski definition) is 3. The molecule has 38 heavy (non-hydrogen) atoms. The van der Waals surface area contributed by atoms with Crippen molar-refractivity contribution < 1.29 is 13.6 Å². The Morgan fingerprint density at radius 2 is 0.895 bits per heavy atom. The van der Waals surface area contributed by atoms with Crippen LogP contribution in [0.15, 0.2) is 109 Å². The Morgan fingerprint density at radius 1 is 0.553 bits per heavy atom. The Balaban J connectivity index is 1.60. The highest BCUT2D eigenvalue weighted by molar-refractivity contribution is 5.92. The number of nitrogens with one attached hydrogen (secondary N) is 2. The second kappa shape index (κ2) is 13.2. The Kier molecular flexibility index (Phi) is 9.52. The SMILES string of the molecule is C[C@@H](NCC(C(=O)C(CN[C@H](C)c1ccccc1)c1ccc(F)cc1)c1ccc(F)cc1)c1ccccc1. The lowest BCUT2D eigenvalue weighted by Gasteiger charge is -2.27. The van der Waals surface area contributed by atoms with E-state index in [2.05, 4.69) is 24.5 Å². The van der Waals surface area contributed by atoms with Crippen LogP contribution in [0, 0.1) is 11.6 Å². The van der Waals surface area contributed by atoms with Crippen molar-refractivity contribution >= 4 is 5.78 Å². The maximum Gasteiger partial charge on any atom is 0.150 e. The summed E-state index contributed by atoms with van der Waals surface area (Å²) in [4.78, 5) is 14.2. The Morgan fingerprint density at radius 3 is 1.24 bits per heavy atom. The molecule has 0 aliphatic heterocycles. The standard InChI is InChI=1S/C33H34F2N2O/c1-23(25-9-5-3-6-10-25)36-21-31(27-13-17-29(34)18-14-27)33(38)32(28-15-19-30(35)20-16-28)22-37-24(2)26-11-7-4-8-12-26/h3-20,23-24,31-32,36-37H,21-22H2,1-2H3/t23-,24-,31?,32?/m1/s1. The van der Waals surface area contributed by atoms with Crippen molar-refractivity contribution in [3.05, 3.63) is 143 Å². The van der Waals surface area contributed by atoms with Crippen molar-refractivity contribution in [3.63, 3.8) is 0 Å². The van der Waals surface area contributed by atoms with E-state index >= 15 is 0 Å². The van der Waals surface area contributed by atoms with Crippen LogP contribution in [0.5, 0.6) is 0 Å². The molecule has 0 aliphatic rings. The van der Waals surface area contributed by atoms with Gasteiger partial charge in [0.1, 0.15) is 17.4 Å². The van der Waals surface area contributed by atoms with Crippen LogP contribution < -0.4 is 10.6 Å². The highest BCUT2D eigenvalue weighted by Gasteiger charge is 2.30. The summed E-state index contributed by atoms with van der Waals surface area (Å²) >= 11 is 0. The number of hydrogen-bond donors (Lipinski definition) is 2. The van der Waals surface area contributed by atoms with Crippen LogP contribution in [0.4, 0.5) is 8.78 Å². The molecule has 0 radical (unpaired) electrons. The Bertz CT molecular complexity index is 1180. The molecule has 4 aromatic carbocycles. The largest absolute Gasteiger partial charge is 0.309 e. The van der Waals surface area contributed by atoms with Gasteiger partial charge in [0.05, 0.1) is 11.8 Å². The maximum atomic E-state index is 14.2. The summed E-state index contributed by atoms with van der Waals surface area (Å²) in [6, 6.07) is 32.4. The van der Waals surface area contributed by atoms with Crippen molar-refractivity contribution in [1.82, 2.24) is 10.6 Å². The summed E-state index contributed by atoms with van der Waals surface area (Å²) in [7, 11) is 0. The Hall–Kier alpha value is -3.67. The molecule has 3 nitrogen and oxygen atoms in total. The second-order valence-electron chi connectivity index (χ2n) is 9.69. The molecular formula is C33H34F2N2O. The van der Waals surface area contributed by atoms with Crippen LogP contribution in [0.1, 0.15) is 60.0 Å². The first-order valence-corrected chi connectivity index (χ1v) is 13.0. The van der Waals surface area contributed by atoms with E-state index in [1.807, 2.05) is 60.7 Å². The van der Waals surface area contributed by atoms with E-state index in [1.165, 1.54) is 24.3 Å². The third-order valence-electron chi connectivity index (χ3n) is 7.09. The fourth-order valence-corrected chi connectivity index (χ4v) is 4.71. The van der Waals surface area contributed by atoms with Crippen LogP contribution >= 0.6 is 0 Å². The highest BCUT2D eigenvalue weighted by Crippen LogP contribution is 2.28. The molecule has 2 unspecified atom stereocenters. The van der Waals surface area contributed by atoms with Crippen LogP contribution in [0.25, 0.3) is 0 Å². The van der Waals surface area contributed by atoms with Gasteiger partial charge in [-0.1, -0.05) is 84.9 Å². The molecule has 0 fully saturated rings. The minimum atomic E-state index is -0.523. The molecular weight excluding hydrogens is 478 g/mol.